The van der Waals surface area contributed by atoms with Crippen molar-refractivity contribution in [2.24, 2.45) is 0 Å². The molecule has 0 radical (unpaired) electrons. The Morgan fingerprint density at radius 2 is 2.05 bits per heavy atom. The van der Waals surface area contributed by atoms with E-state index in [1.165, 1.54) is 16.9 Å². The van der Waals surface area contributed by atoms with Gasteiger partial charge in [-0.2, -0.15) is 0 Å². The minimum atomic E-state index is 0.0396. The Labute approximate surface area is 120 Å². The van der Waals surface area contributed by atoms with Crippen LogP contribution in [0, 0.1) is 0 Å². The molecule has 0 unspecified atom stereocenters. The van der Waals surface area contributed by atoms with Gasteiger partial charge in [0.05, 0.1) is 11.7 Å². The number of nitrogens with zero attached hydrogens (tertiary/aromatic N) is 2. The lowest BCUT2D eigenvalue weighted by molar-refractivity contribution is 0.582. The molecule has 20 heavy (non-hydrogen) atoms. The maximum absolute atomic E-state index is 12.2. The second kappa shape index (κ2) is 5.98. The van der Waals surface area contributed by atoms with Gasteiger partial charge >= 0.3 is 0 Å². The van der Waals surface area contributed by atoms with Crippen molar-refractivity contribution in [1.82, 2.24) is 14.9 Å². The molecule has 4 nitrogen and oxygen atoms in total. The number of benzene rings is 1. The summed E-state index contributed by atoms with van der Waals surface area (Å²) in [7, 11) is 0. The maximum Gasteiger partial charge on any atom is 0.262 e. The molecule has 5 heteroatoms. The molecule has 0 fully saturated rings. The van der Waals surface area contributed by atoms with Crippen LogP contribution in [0.4, 0.5) is 0 Å². The van der Waals surface area contributed by atoms with Crippen molar-refractivity contribution in [3.63, 3.8) is 0 Å². The van der Waals surface area contributed by atoms with Gasteiger partial charge < -0.3 is 5.32 Å². The van der Waals surface area contributed by atoms with Gasteiger partial charge in [-0.15, -0.1) is 11.3 Å². The molecule has 0 atom stereocenters. The second-order valence-corrected chi connectivity index (χ2v) is 5.44. The Morgan fingerprint density at radius 1 is 1.20 bits per heavy atom. The minimum Gasteiger partial charge on any atom is -0.311 e. The van der Waals surface area contributed by atoms with Gasteiger partial charge in [-0.3, -0.25) is 9.36 Å². The van der Waals surface area contributed by atoms with E-state index in [0.717, 1.165) is 17.9 Å². The van der Waals surface area contributed by atoms with Crippen LogP contribution < -0.4 is 10.9 Å². The van der Waals surface area contributed by atoms with Crippen LogP contribution in [-0.4, -0.2) is 16.1 Å². The molecule has 3 aromatic rings. The zero-order valence-electron chi connectivity index (χ0n) is 11.0. The van der Waals surface area contributed by atoms with Gasteiger partial charge in [-0.05, 0) is 17.0 Å². The third-order valence-electron chi connectivity index (χ3n) is 3.15. The smallest absolute Gasteiger partial charge is 0.262 e. The number of fused-ring (bicyclic) bond motifs is 1. The molecule has 0 amide bonds. The molecule has 0 aliphatic carbocycles. The molecule has 1 aromatic carbocycles. The van der Waals surface area contributed by atoms with Gasteiger partial charge in [-0.1, -0.05) is 30.3 Å². The number of hydrogen-bond donors (Lipinski definition) is 1. The van der Waals surface area contributed by atoms with Crippen molar-refractivity contribution in [3.8, 4) is 0 Å². The third-order valence-corrected chi connectivity index (χ3v) is 3.97. The van der Waals surface area contributed by atoms with Gasteiger partial charge in [-0.25, -0.2) is 4.98 Å². The highest BCUT2D eigenvalue weighted by atomic mass is 32.1. The average molecular weight is 285 g/mol. The Kier molecular flexibility index (Phi) is 3.90. The normalized spacial score (nSPS) is 11.0. The lowest BCUT2D eigenvalue weighted by Crippen LogP contribution is -2.26. The SMILES string of the molecule is O=c1c2ccsc2ncn1CCNCc1ccccc1. The molecule has 2 heterocycles. The van der Waals surface area contributed by atoms with E-state index >= 15 is 0 Å². The van der Waals surface area contributed by atoms with Gasteiger partial charge in [0.25, 0.3) is 5.56 Å². The second-order valence-electron chi connectivity index (χ2n) is 4.54. The maximum atomic E-state index is 12.2. The third kappa shape index (κ3) is 2.79. The Bertz CT molecular complexity index is 748. The van der Waals surface area contributed by atoms with Crippen LogP contribution >= 0.6 is 11.3 Å². The first-order chi connectivity index (χ1) is 9.84. The summed E-state index contributed by atoms with van der Waals surface area (Å²) in [6, 6.07) is 12.1. The number of nitrogens with one attached hydrogen (secondary N) is 1. The first kappa shape index (κ1) is 13.0. The van der Waals surface area contributed by atoms with E-state index in [0.29, 0.717) is 11.9 Å². The molecule has 0 aliphatic rings. The summed E-state index contributed by atoms with van der Waals surface area (Å²) in [5, 5.41) is 5.94. The van der Waals surface area contributed by atoms with E-state index in [4.69, 9.17) is 0 Å². The molecular formula is C15H15N3OS. The van der Waals surface area contributed by atoms with E-state index in [-0.39, 0.29) is 5.56 Å². The fourth-order valence-corrected chi connectivity index (χ4v) is 2.80. The van der Waals surface area contributed by atoms with Crippen molar-refractivity contribution in [2.45, 2.75) is 13.1 Å². The van der Waals surface area contributed by atoms with E-state index in [1.807, 2.05) is 29.6 Å². The molecule has 102 valence electrons. The monoisotopic (exact) mass is 285 g/mol. The van der Waals surface area contributed by atoms with Crippen molar-refractivity contribution < 1.29 is 0 Å². The Morgan fingerprint density at radius 3 is 2.90 bits per heavy atom. The number of aromatic nitrogens is 2. The summed E-state index contributed by atoms with van der Waals surface area (Å²) in [6.45, 7) is 2.18. The van der Waals surface area contributed by atoms with Gasteiger partial charge in [0, 0.05) is 19.6 Å². The number of thiophene rings is 1. The minimum absolute atomic E-state index is 0.0396. The fourth-order valence-electron chi connectivity index (χ4n) is 2.08. The zero-order valence-corrected chi connectivity index (χ0v) is 11.8. The first-order valence-corrected chi connectivity index (χ1v) is 7.40. The first-order valence-electron chi connectivity index (χ1n) is 6.52. The van der Waals surface area contributed by atoms with Gasteiger partial charge in [0.15, 0.2) is 0 Å². The molecule has 0 spiro atoms. The van der Waals surface area contributed by atoms with Crippen molar-refractivity contribution in [3.05, 3.63) is 64.0 Å². The molecule has 0 aliphatic heterocycles. The van der Waals surface area contributed by atoms with E-state index in [1.54, 1.807) is 10.9 Å². The standard InChI is InChI=1S/C15H15N3OS/c19-15-13-6-9-20-14(13)17-11-18(15)8-7-16-10-12-4-2-1-3-5-12/h1-6,9,11,16H,7-8,10H2. The van der Waals surface area contributed by atoms with Gasteiger partial charge in [0.2, 0.25) is 0 Å². The molecule has 1 N–H and O–H groups in total. The van der Waals surface area contributed by atoms with Crippen LogP contribution in [0.1, 0.15) is 5.56 Å². The molecule has 0 saturated heterocycles. The molecular weight excluding hydrogens is 270 g/mol. The van der Waals surface area contributed by atoms with Crippen LogP contribution in [0.5, 0.6) is 0 Å². The highest BCUT2D eigenvalue weighted by molar-refractivity contribution is 7.16. The van der Waals surface area contributed by atoms with Gasteiger partial charge in [0.1, 0.15) is 4.83 Å². The highest BCUT2D eigenvalue weighted by Crippen LogP contribution is 2.12. The van der Waals surface area contributed by atoms with E-state index < -0.39 is 0 Å². The van der Waals surface area contributed by atoms with Crippen molar-refractivity contribution in [2.75, 3.05) is 6.54 Å². The predicted molar refractivity (Wildman–Crippen MR) is 82.0 cm³/mol. The number of hydrogen-bond acceptors (Lipinski definition) is 4. The van der Waals surface area contributed by atoms with E-state index in [9.17, 15) is 4.79 Å². The summed E-state index contributed by atoms with van der Waals surface area (Å²) in [6.07, 6.45) is 1.63. The molecule has 0 bridgehead atoms. The fraction of sp³-hybridized carbons (Fsp3) is 0.200. The summed E-state index contributed by atoms with van der Waals surface area (Å²) < 4.78 is 1.66. The van der Waals surface area contributed by atoms with Crippen LogP contribution in [-0.2, 0) is 13.1 Å². The van der Waals surface area contributed by atoms with Crippen LogP contribution in [0.25, 0.3) is 10.2 Å². The topological polar surface area (TPSA) is 46.9 Å². The summed E-state index contributed by atoms with van der Waals surface area (Å²) in [5.41, 5.74) is 1.28. The van der Waals surface area contributed by atoms with Crippen molar-refractivity contribution >= 4 is 21.6 Å². The quantitative estimate of drug-likeness (QED) is 0.731. The molecule has 3 rings (SSSR count). The van der Waals surface area contributed by atoms with Crippen LogP contribution in [0.15, 0.2) is 52.9 Å². The zero-order chi connectivity index (χ0) is 13.8. The Hall–Kier alpha value is -1.98. The lowest BCUT2D eigenvalue weighted by Gasteiger charge is -2.07. The molecule has 0 saturated carbocycles. The predicted octanol–water partition coefficient (Wildman–Crippen LogP) is 2.25. The van der Waals surface area contributed by atoms with E-state index in [2.05, 4.69) is 22.4 Å². The average Bonchev–Trinajstić information content (AvgIpc) is 2.96. The Balaban J connectivity index is 1.60. The molecule has 2 aromatic heterocycles. The summed E-state index contributed by atoms with van der Waals surface area (Å²) >= 11 is 1.50. The summed E-state index contributed by atoms with van der Waals surface area (Å²) in [5.74, 6) is 0. The highest BCUT2D eigenvalue weighted by Gasteiger charge is 2.04. The van der Waals surface area contributed by atoms with Crippen LogP contribution in [0.3, 0.4) is 0 Å². The summed E-state index contributed by atoms with van der Waals surface area (Å²) in [4.78, 5) is 17.3. The number of rotatable bonds is 5. The largest absolute Gasteiger partial charge is 0.311 e. The lowest BCUT2D eigenvalue weighted by atomic mass is 10.2. The van der Waals surface area contributed by atoms with Crippen LogP contribution in [0.2, 0.25) is 0 Å². The van der Waals surface area contributed by atoms with Crippen molar-refractivity contribution in [1.29, 1.82) is 0 Å².